The van der Waals surface area contributed by atoms with Gasteiger partial charge in [-0.1, -0.05) is 0 Å². The first-order valence-corrected chi connectivity index (χ1v) is 5.42. The lowest BCUT2D eigenvalue weighted by Crippen LogP contribution is -2.38. The van der Waals surface area contributed by atoms with Crippen molar-refractivity contribution in [2.24, 2.45) is 0 Å². The molecule has 1 heterocycles. The Bertz CT molecular complexity index is 365. The smallest absolute Gasteiger partial charge is 0.334 e. The summed E-state index contributed by atoms with van der Waals surface area (Å²) in [6, 6.07) is 0. The highest BCUT2D eigenvalue weighted by Gasteiger charge is 2.28. The van der Waals surface area contributed by atoms with E-state index in [-0.39, 0.29) is 37.6 Å². The first-order valence-electron chi connectivity index (χ1n) is 5.42. The predicted molar refractivity (Wildman–Crippen MR) is 57.2 cm³/mol. The highest BCUT2D eigenvalue weighted by molar-refractivity contribution is 6.02. The Kier molecular flexibility index (Phi) is 4.78. The van der Waals surface area contributed by atoms with Crippen molar-refractivity contribution in [3.63, 3.8) is 0 Å². The van der Waals surface area contributed by atoms with Crippen LogP contribution in [-0.4, -0.2) is 58.0 Å². The number of hydrogen-bond donors (Lipinski definition) is 3. The Balaban J connectivity index is 2.27. The van der Waals surface area contributed by atoms with Gasteiger partial charge in [0, 0.05) is 25.8 Å². The number of rotatable bonds is 6. The summed E-state index contributed by atoms with van der Waals surface area (Å²) in [5.41, 5.74) is 0. The summed E-state index contributed by atoms with van der Waals surface area (Å²) >= 11 is 0. The molecule has 8 nitrogen and oxygen atoms in total. The van der Waals surface area contributed by atoms with Gasteiger partial charge in [-0.3, -0.25) is 19.3 Å². The molecule has 3 N–H and O–H groups in total. The third kappa shape index (κ3) is 3.81. The maximum atomic E-state index is 11.3. The van der Waals surface area contributed by atoms with Gasteiger partial charge in [-0.2, -0.15) is 0 Å². The number of carboxylic acid groups (broad SMARTS) is 1. The van der Waals surface area contributed by atoms with Crippen molar-refractivity contribution in [3.8, 4) is 0 Å². The second kappa shape index (κ2) is 6.10. The van der Waals surface area contributed by atoms with Crippen LogP contribution in [-0.2, 0) is 19.2 Å². The van der Waals surface area contributed by atoms with E-state index in [1.807, 2.05) is 0 Å². The SMILES string of the molecule is O=C(CCN1C(=O)CCC1=O)NC[C@H](O)C(=O)O. The van der Waals surface area contributed by atoms with E-state index in [2.05, 4.69) is 5.32 Å². The van der Waals surface area contributed by atoms with E-state index in [9.17, 15) is 19.2 Å². The lowest BCUT2D eigenvalue weighted by molar-refractivity contribution is -0.146. The summed E-state index contributed by atoms with van der Waals surface area (Å²) in [5, 5.41) is 19.5. The number of imide groups is 1. The van der Waals surface area contributed by atoms with Crippen LogP contribution in [0.4, 0.5) is 0 Å². The molecule has 1 saturated heterocycles. The molecule has 100 valence electrons. The molecule has 1 rings (SSSR count). The first kappa shape index (κ1) is 14.1. The molecular formula is C10H14N2O6. The van der Waals surface area contributed by atoms with Crippen LogP contribution in [0.25, 0.3) is 0 Å². The number of nitrogens with zero attached hydrogens (tertiary/aromatic N) is 1. The van der Waals surface area contributed by atoms with Crippen LogP contribution in [0.15, 0.2) is 0 Å². The van der Waals surface area contributed by atoms with Gasteiger partial charge in [-0.05, 0) is 0 Å². The van der Waals surface area contributed by atoms with Crippen LogP contribution in [0.2, 0.25) is 0 Å². The summed E-state index contributed by atoms with van der Waals surface area (Å²) in [5.74, 6) is -2.57. The summed E-state index contributed by atoms with van der Waals surface area (Å²) in [7, 11) is 0. The number of carbonyl (C=O) groups excluding carboxylic acids is 3. The molecule has 8 heteroatoms. The van der Waals surface area contributed by atoms with Crippen molar-refractivity contribution < 1.29 is 29.4 Å². The van der Waals surface area contributed by atoms with E-state index in [1.165, 1.54) is 0 Å². The second-order valence-electron chi connectivity index (χ2n) is 3.85. The number of aliphatic carboxylic acids is 1. The number of carbonyl (C=O) groups is 4. The third-order valence-corrected chi connectivity index (χ3v) is 2.49. The zero-order valence-corrected chi connectivity index (χ0v) is 9.59. The van der Waals surface area contributed by atoms with Crippen molar-refractivity contribution in [1.29, 1.82) is 0 Å². The lowest BCUT2D eigenvalue weighted by Gasteiger charge is -2.13. The molecule has 0 bridgehead atoms. The van der Waals surface area contributed by atoms with Gasteiger partial charge in [0.2, 0.25) is 17.7 Å². The number of carboxylic acids is 1. The van der Waals surface area contributed by atoms with Crippen LogP contribution in [0.3, 0.4) is 0 Å². The van der Waals surface area contributed by atoms with Crippen LogP contribution < -0.4 is 5.32 Å². The maximum absolute atomic E-state index is 11.3. The summed E-state index contributed by atoms with van der Waals surface area (Å²) in [6.45, 7) is -0.428. The number of aliphatic hydroxyl groups excluding tert-OH is 1. The number of aliphatic hydroxyl groups is 1. The Labute approximate surface area is 103 Å². The molecule has 0 radical (unpaired) electrons. The van der Waals surface area contributed by atoms with Gasteiger partial charge in [-0.15, -0.1) is 0 Å². The Hall–Kier alpha value is -1.96. The minimum Gasteiger partial charge on any atom is -0.479 e. The van der Waals surface area contributed by atoms with Crippen LogP contribution >= 0.6 is 0 Å². The Morgan fingerprint density at radius 1 is 1.28 bits per heavy atom. The van der Waals surface area contributed by atoms with Gasteiger partial charge >= 0.3 is 5.97 Å². The normalized spacial score (nSPS) is 16.8. The van der Waals surface area contributed by atoms with E-state index >= 15 is 0 Å². The van der Waals surface area contributed by atoms with Crippen LogP contribution in [0.5, 0.6) is 0 Å². The predicted octanol–water partition coefficient (Wildman–Crippen LogP) is -1.91. The minimum absolute atomic E-state index is 0.0212. The average Bonchev–Trinajstić information content (AvgIpc) is 2.63. The summed E-state index contributed by atoms with van der Waals surface area (Å²) in [4.78, 5) is 45.0. The van der Waals surface area contributed by atoms with E-state index < -0.39 is 24.5 Å². The topological polar surface area (TPSA) is 124 Å². The molecule has 0 saturated carbocycles. The zero-order chi connectivity index (χ0) is 13.7. The van der Waals surface area contributed by atoms with Crippen molar-refractivity contribution in [3.05, 3.63) is 0 Å². The number of likely N-dealkylation sites (tertiary alicyclic amines) is 1. The lowest BCUT2D eigenvalue weighted by atomic mass is 10.3. The van der Waals surface area contributed by atoms with Gasteiger partial charge in [-0.25, -0.2) is 4.79 Å². The number of nitrogens with one attached hydrogen (secondary N) is 1. The first-order chi connectivity index (χ1) is 8.41. The maximum Gasteiger partial charge on any atom is 0.334 e. The van der Waals surface area contributed by atoms with Gasteiger partial charge in [0.05, 0.1) is 6.54 Å². The van der Waals surface area contributed by atoms with Gasteiger partial charge in [0.25, 0.3) is 0 Å². The number of hydrogen-bond acceptors (Lipinski definition) is 5. The Morgan fingerprint density at radius 3 is 2.33 bits per heavy atom. The molecule has 0 aliphatic carbocycles. The summed E-state index contributed by atoms with van der Waals surface area (Å²) in [6.07, 6.45) is -1.44. The van der Waals surface area contributed by atoms with E-state index in [0.29, 0.717) is 0 Å². The Morgan fingerprint density at radius 2 is 1.83 bits per heavy atom. The molecule has 3 amide bonds. The number of amides is 3. The molecule has 1 aliphatic rings. The molecule has 1 fully saturated rings. The molecular weight excluding hydrogens is 244 g/mol. The van der Waals surface area contributed by atoms with Gasteiger partial charge in [0.15, 0.2) is 6.10 Å². The standard InChI is InChI=1S/C10H14N2O6/c13-6(10(17)18)5-11-7(14)3-4-12-8(15)1-2-9(12)16/h6,13H,1-5H2,(H,11,14)(H,17,18)/t6-/m0/s1. The molecule has 0 aromatic rings. The molecule has 0 aromatic carbocycles. The van der Waals surface area contributed by atoms with Crippen molar-refractivity contribution >= 4 is 23.7 Å². The minimum atomic E-state index is -1.66. The average molecular weight is 258 g/mol. The third-order valence-electron chi connectivity index (χ3n) is 2.49. The van der Waals surface area contributed by atoms with Gasteiger partial charge in [0.1, 0.15) is 0 Å². The molecule has 18 heavy (non-hydrogen) atoms. The van der Waals surface area contributed by atoms with Crippen molar-refractivity contribution in [2.45, 2.75) is 25.4 Å². The molecule has 0 spiro atoms. The molecule has 0 aromatic heterocycles. The zero-order valence-electron chi connectivity index (χ0n) is 9.59. The van der Waals surface area contributed by atoms with E-state index in [4.69, 9.17) is 10.2 Å². The highest BCUT2D eigenvalue weighted by Crippen LogP contribution is 2.11. The molecule has 0 unspecified atom stereocenters. The highest BCUT2D eigenvalue weighted by atomic mass is 16.4. The van der Waals surface area contributed by atoms with E-state index in [1.54, 1.807) is 0 Å². The van der Waals surface area contributed by atoms with Crippen molar-refractivity contribution in [2.75, 3.05) is 13.1 Å². The van der Waals surface area contributed by atoms with Crippen LogP contribution in [0.1, 0.15) is 19.3 Å². The van der Waals surface area contributed by atoms with Crippen LogP contribution in [0, 0.1) is 0 Å². The largest absolute Gasteiger partial charge is 0.479 e. The quantitative estimate of drug-likeness (QED) is 0.477. The van der Waals surface area contributed by atoms with Gasteiger partial charge < -0.3 is 15.5 Å². The fourth-order valence-corrected chi connectivity index (χ4v) is 1.47. The van der Waals surface area contributed by atoms with Crippen molar-refractivity contribution in [1.82, 2.24) is 10.2 Å². The fourth-order valence-electron chi connectivity index (χ4n) is 1.47. The van der Waals surface area contributed by atoms with E-state index in [0.717, 1.165) is 4.90 Å². The monoisotopic (exact) mass is 258 g/mol. The fraction of sp³-hybridized carbons (Fsp3) is 0.600. The summed E-state index contributed by atoms with van der Waals surface area (Å²) < 4.78 is 0. The molecule has 1 atom stereocenters. The second-order valence-corrected chi connectivity index (χ2v) is 3.85. The molecule has 1 aliphatic heterocycles.